The topological polar surface area (TPSA) is 43.4 Å². The number of ether oxygens (including phenoxy) is 1. The Kier molecular flexibility index (Phi) is 5.54. The van der Waals surface area contributed by atoms with Crippen molar-refractivity contribution in [3.63, 3.8) is 0 Å². The van der Waals surface area contributed by atoms with Crippen molar-refractivity contribution in [3.8, 4) is 0 Å². The number of alkyl halides is 1. The highest BCUT2D eigenvalue weighted by Crippen LogP contribution is 2.18. The van der Waals surface area contributed by atoms with Gasteiger partial charge >= 0.3 is 5.97 Å². The summed E-state index contributed by atoms with van der Waals surface area (Å²) in [6.45, 7) is 5.81. The van der Waals surface area contributed by atoms with E-state index < -0.39 is 0 Å². The van der Waals surface area contributed by atoms with Crippen molar-refractivity contribution in [2.45, 2.75) is 32.0 Å². The Morgan fingerprint density at radius 1 is 1.39 bits per heavy atom. The average molecular weight is 313 g/mol. The lowest BCUT2D eigenvalue weighted by Crippen LogP contribution is -2.16. The number of carbonyl (C=O) groups excluding carboxylic acids is 2. The molecule has 1 unspecified atom stereocenters. The standard InChI is InChI=1S/C14H17BrO3/c1-4-18-13(16)8-11-6-5-9(2)7-12(11)14(17)10(3)15/h5-7,10H,4,8H2,1-3H3. The zero-order valence-electron chi connectivity index (χ0n) is 10.8. The minimum atomic E-state index is -0.308. The second-order valence-electron chi connectivity index (χ2n) is 4.12. The largest absolute Gasteiger partial charge is 0.466 e. The van der Waals surface area contributed by atoms with Crippen LogP contribution in [0.3, 0.4) is 0 Å². The van der Waals surface area contributed by atoms with E-state index in [9.17, 15) is 9.59 Å². The van der Waals surface area contributed by atoms with Crippen LogP contribution in [-0.4, -0.2) is 23.2 Å². The molecule has 0 amide bonds. The number of carbonyl (C=O) groups is 2. The van der Waals surface area contributed by atoms with Gasteiger partial charge < -0.3 is 4.74 Å². The molecule has 0 N–H and O–H groups in total. The molecule has 18 heavy (non-hydrogen) atoms. The first kappa shape index (κ1) is 14.9. The zero-order valence-corrected chi connectivity index (χ0v) is 12.4. The first-order valence-electron chi connectivity index (χ1n) is 5.89. The summed E-state index contributed by atoms with van der Waals surface area (Å²) < 4.78 is 4.91. The number of esters is 1. The van der Waals surface area contributed by atoms with Crippen LogP contribution < -0.4 is 0 Å². The highest BCUT2D eigenvalue weighted by Gasteiger charge is 2.18. The van der Waals surface area contributed by atoms with Crippen molar-refractivity contribution in [3.05, 3.63) is 34.9 Å². The van der Waals surface area contributed by atoms with E-state index in [4.69, 9.17) is 4.74 Å². The summed E-state index contributed by atoms with van der Waals surface area (Å²) in [4.78, 5) is 23.3. The number of hydrogen-bond donors (Lipinski definition) is 0. The second kappa shape index (κ2) is 6.69. The summed E-state index contributed by atoms with van der Waals surface area (Å²) in [5, 5.41) is 0. The van der Waals surface area contributed by atoms with E-state index in [1.165, 1.54) is 0 Å². The molecule has 1 rings (SSSR count). The van der Waals surface area contributed by atoms with Crippen LogP contribution in [0.1, 0.15) is 35.3 Å². The highest BCUT2D eigenvalue weighted by atomic mass is 79.9. The average Bonchev–Trinajstić information content (AvgIpc) is 2.30. The predicted octanol–water partition coefficient (Wildman–Crippen LogP) is 3.07. The molecular formula is C14H17BrO3. The van der Waals surface area contributed by atoms with Gasteiger partial charge in [0.05, 0.1) is 17.9 Å². The van der Waals surface area contributed by atoms with E-state index in [0.29, 0.717) is 12.2 Å². The van der Waals surface area contributed by atoms with Crippen LogP contribution in [0.5, 0.6) is 0 Å². The summed E-state index contributed by atoms with van der Waals surface area (Å²) >= 11 is 3.27. The quantitative estimate of drug-likeness (QED) is 0.477. The first-order chi connectivity index (χ1) is 8.45. The summed E-state index contributed by atoms with van der Waals surface area (Å²) in [6.07, 6.45) is 0.134. The smallest absolute Gasteiger partial charge is 0.310 e. The van der Waals surface area contributed by atoms with Gasteiger partial charge in [-0.25, -0.2) is 0 Å². The van der Waals surface area contributed by atoms with Crippen LogP contribution in [0, 0.1) is 6.92 Å². The van der Waals surface area contributed by atoms with E-state index >= 15 is 0 Å². The SMILES string of the molecule is CCOC(=O)Cc1ccc(C)cc1C(=O)C(C)Br. The molecule has 0 fully saturated rings. The van der Waals surface area contributed by atoms with Gasteiger partial charge in [0.15, 0.2) is 5.78 Å². The monoisotopic (exact) mass is 312 g/mol. The van der Waals surface area contributed by atoms with Gasteiger partial charge in [-0.1, -0.05) is 33.6 Å². The fraction of sp³-hybridized carbons (Fsp3) is 0.429. The Morgan fingerprint density at radius 3 is 2.61 bits per heavy atom. The maximum absolute atomic E-state index is 12.1. The van der Waals surface area contributed by atoms with Crippen molar-refractivity contribution in [1.82, 2.24) is 0 Å². The lowest BCUT2D eigenvalue weighted by molar-refractivity contribution is -0.142. The van der Waals surface area contributed by atoms with Crippen molar-refractivity contribution < 1.29 is 14.3 Å². The number of rotatable bonds is 5. The van der Waals surface area contributed by atoms with Crippen LogP contribution >= 0.6 is 15.9 Å². The fourth-order valence-corrected chi connectivity index (χ4v) is 1.90. The van der Waals surface area contributed by atoms with Crippen molar-refractivity contribution in [2.24, 2.45) is 0 Å². The molecule has 0 radical (unpaired) electrons. The van der Waals surface area contributed by atoms with Gasteiger partial charge in [-0.2, -0.15) is 0 Å². The molecule has 4 heteroatoms. The van der Waals surface area contributed by atoms with Gasteiger partial charge in [0.1, 0.15) is 0 Å². The number of aryl methyl sites for hydroxylation is 1. The normalized spacial score (nSPS) is 12.0. The van der Waals surface area contributed by atoms with E-state index in [0.717, 1.165) is 11.1 Å². The lowest BCUT2D eigenvalue weighted by Gasteiger charge is -2.10. The van der Waals surface area contributed by atoms with Crippen molar-refractivity contribution in [2.75, 3.05) is 6.61 Å². The number of hydrogen-bond acceptors (Lipinski definition) is 3. The van der Waals surface area contributed by atoms with Gasteiger partial charge in [0.25, 0.3) is 0 Å². The van der Waals surface area contributed by atoms with E-state index in [2.05, 4.69) is 15.9 Å². The summed E-state index contributed by atoms with van der Waals surface area (Å²) in [6, 6.07) is 5.52. The van der Waals surface area contributed by atoms with Crippen LogP contribution in [0.25, 0.3) is 0 Å². The molecule has 98 valence electrons. The van der Waals surface area contributed by atoms with E-state index in [-0.39, 0.29) is 23.0 Å². The Hall–Kier alpha value is -1.16. The number of Topliss-reactive ketones (excluding diaryl/α,β-unsaturated/α-hetero) is 1. The molecule has 0 spiro atoms. The Bertz CT molecular complexity index is 452. The Labute approximate surface area is 116 Å². The minimum Gasteiger partial charge on any atom is -0.466 e. The molecule has 0 heterocycles. The Morgan fingerprint density at radius 2 is 2.06 bits per heavy atom. The molecule has 0 saturated heterocycles. The molecule has 0 aromatic heterocycles. The number of benzene rings is 1. The molecule has 0 saturated carbocycles. The Balaban J connectivity index is 3.04. The van der Waals surface area contributed by atoms with E-state index in [1.54, 1.807) is 13.8 Å². The molecule has 0 aliphatic carbocycles. The maximum atomic E-state index is 12.1. The highest BCUT2D eigenvalue weighted by molar-refractivity contribution is 9.10. The van der Waals surface area contributed by atoms with Gasteiger partial charge in [-0.05, 0) is 32.4 Å². The predicted molar refractivity (Wildman–Crippen MR) is 74.2 cm³/mol. The third-order valence-electron chi connectivity index (χ3n) is 2.53. The minimum absolute atomic E-state index is 0.0157. The summed E-state index contributed by atoms with van der Waals surface area (Å²) in [5.41, 5.74) is 2.31. The van der Waals surface area contributed by atoms with Gasteiger partial charge in [-0.3, -0.25) is 9.59 Å². The van der Waals surface area contributed by atoms with Crippen molar-refractivity contribution >= 4 is 27.7 Å². The fourth-order valence-electron chi connectivity index (χ4n) is 1.66. The molecule has 3 nitrogen and oxygen atoms in total. The van der Waals surface area contributed by atoms with Crippen LogP contribution in [0.2, 0.25) is 0 Å². The molecular weight excluding hydrogens is 296 g/mol. The maximum Gasteiger partial charge on any atom is 0.310 e. The molecule has 0 aliphatic rings. The number of halogens is 1. The summed E-state index contributed by atoms with van der Waals surface area (Å²) in [5.74, 6) is -0.323. The molecule has 0 bridgehead atoms. The molecule has 0 aliphatic heterocycles. The second-order valence-corrected chi connectivity index (χ2v) is 5.50. The lowest BCUT2D eigenvalue weighted by atomic mass is 9.97. The number of ketones is 1. The molecule has 1 atom stereocenters. The first-order valence-corrected chi connectivity index (χ1v) is 6.80. The van der Waals surface area contributed by atoms with Gasteiger partial charge in [-0.15, -0.1) is 0 Å². The summed E-state index contributed by atoms with van der Waals surface area (Å²) in [7, 11) is 0. The third-order valence-corrected chi connectivity index (χ3v) is 2.95. The van der Waals surface area contributed by atoms with E-state index in [1.807, 2.05) is 25.1 Å². The van der Waals surface area contributed by atoms with Crippen molar-refractivity contribution in [1.29, 1.82) is 0 Å². The van der Waals surface area contributed by atoms with Gasteiger partial charge in [0, 0.05) is 5.56 Å². The van der Waals surface area contributed by atoms with Crippen LogP contribution in [-0.2, 0) is 16.0 Å². The van der Waals surface area contributed by atoms with Crippen LogP contribution in [0.4, 0.5) is 0 Å². The third kappa shape index (κ3) is 3.95. The van der Waals surface area contributed by atoms with Gasteiger partial charge in [0.2, 0.25) is 0 Å². The van der Waals surface area contributed by atoms with Crippen LogP contribution in [0.15, 0.2) is 18.2 Å². The molecule has 1 aromatic carbocycles. The molecule has 1 aromatic rings. The zero-order chi connectivity index (χ0) is 13.7.